The summed E-state index contributed by atoms with van der Waals surface area (Å²) >= 11 is 0. The SMILES string of the molecule is OCCCC1CCC(c2ccc(C#Cc3ccc(C4CCC(CCCO)CC4)cc3)cc2)CC1. The molecule has 0 unspecified atom stereocenters. The molecule has 2 heteroatoms. The van der Waals surface area contributed by atoms with Crippen molar-refractivity contribution in [3.63, 3.8) is 0 Å². The van der Waals surface area contributed by atoms with Crippen molar-refractivity contribution in [2.45, 2.75) is 88.9 Å². The van der Waals surface area contributed by atoms with Gasteiger partial charge in [0.25, 0.3) is 0 Å². The fraction of sp³-hybridized carbons (Fsp3) is 0.562. The van der Waals surface area contributed by atoms with Gasteiger partial charge in [-0.25, -0.2) is 0 Å². The van der Waals surface area contributed by atoms with Gasteiger partial charge in [-0.05, 0) is 136 Å². The van der Waals surface area contributed by atoms with Crippen LogP contribution in [-0.4, -0.2) is 23.4 Å². The van der Waals surface area contributed by atoms with Crippen LogP contribution < -0.4 is 0 Å². The third-order valence-electron chi connectivity index (χ3n) is 8.35. The Balaban J connectivity index is 1.26. The van der Waals surface area contributed by atoms with E-state index in [2.05, 4.69) is 60.4 Å². The van der Waals surface area contributed by atoms with Crippen LogP contribution in [0.3, 0.4) is 0 Å². The second-order valence-corrected chi connectivity index (χ2v) is 10.7. The van der Waals surface area contributed by atoms with Gasteiger partial charge in [-0.3, -0.25) is 0 Å². The standard InChI is InChI=1S/C32H42O2/c33-23-1-3-25-7-15-29(16-8-25)31-19-11-27(12-20-31)5-6-28-13-21-32(22-14-28)30-17-9-26(10-18-30)4-2-24-34/h11-14,19-22,25-26,29-30,33-34H,1-4,7-10,15-18,23-24H2. The van der Waals surface area contributed by atoms with E-state index in [0.29, 0.717) is 25.0 Å². The predicted octanol–water partition coefficient (Wildman–Crippen LogP) is 7.18. The minimum absolute atomic E-state index is 0.334. The first-order valence-corrected chi connectivity index (χ1v) is 13.7. The molecule has 4 rings (SSSR count). The van der Waals surface area contributed by atoms with Crippen LogP contribution in [0.2, 0.25) is 0 Å². The number of aliphatic hydroxyl groups is 2. The molecule has 0 saturated heterocycles. The highest BCUT2D eigenvalue weighted by Crippen LogP contribution is 2.38. The Kier molecular flexibility index (Phi) is 9.66. The van der Waals surface area contributed by atoms with E-state index in [0.717, 1.165) is 35.8 Å². The molecule has 2 saturated carbocycles. The second-order valence-electron chi connectivity index (χ2n) is 10.7. The van der Waals surface area contributed by atoms with E-state index in [1.165, 1.54) is 75.3 Å². The lowest BCUT2D eigenvalue weighted by molar-refractivity contribution is 0.246. The van der Waals surface area contributed by atoms with Crippen molar-refractivity contribution < 1.29 is 10.2 Å². The second kappa shape index (κ2) is 13.1. The molecule has 0 amide bonds. The Hall–Kier alpha value is -2.08. The van der Waals surface area contributed by atoms with Gasteiger partial charge in [-0.1, -0.05) is 36.1 Å². The molecule has 182 valence electrons. The third kappa shape index (κ3) is 7.21. The molecule has 0 bridgehead atoms. The first-order valence-electron chi connectivity index (χ1n) is 13.7. The van der Waals surface area contributed by atoms with Gasteiger partial charge in [0.1, 0.15) is 0 Å². The fourth-order valence-electron chi connectivity index (χ4n) is 6.15. The lowest BCUT2D eigenvalue weighted by Gasteiger charge is -2.28. The van der Waals surface area contributed by atoms with Crippen LogP contribution in [0.4, 0.5) is 0 Å². The molecule has 2 aliphatic carbocycles. The Bertz CT molecular complexity index is 827. The van der Waals surface area contributed by atoms with Crippen molar-refractivity contribution in [3.05, 3.63) is 70.8 Å². The van der Waals surface area contributed by atoms with Gasteiger partial charge in [-0.2, -0.15) is 0 Å². The molecule has 0 heterocycles. The molecular formula is C32H42O2. The maximum Gasteiger partial charge on any atom is 0.0431 e. The van der Waals surface area contributed by atoms with Crippen molar-refractivity contribution in [2.24, 2.45) is 11.8 Å². The molecule has 2 N–H and O–H groups in total. The van der Waals surface area contributed by atoms with E-state index < -0.39 is 0 Å². The Morgan fingerprint density at radius 1 is 0.529 bits per heavy atom. The van der Waals surface area contributed by atoms with Gasteiger partial charge in [0.2, 0.25) is 0 Å². The highest BCUT2D eigenvalue weighted by atomic mass is 16.3. The van der Waals surface area contributed by atoms with Crippen molar-refractivity contribution in [1.82, 2.24) is 0 Å². The van der Waals surface area contributed by atoms with Crippen LogP contribution in [0.25, 0.3) is 0 Å². The summed E-state index contributed by atoms with van der Waals surface area (Å²) in [5.74, 6) is 9.70. The minimum atomic E-state index is 0.334. The van der Waals surface area contributed by atoms with Gasteiger partial charge in [-0.15, -0.1) is 0 Å². The highest BCUT2D eigenvalue weighted by molar-refractivity contribution is 5.44. The Morgan fingerprint density at radius 3 is 1.21 bits per heavy atom. The van der Waals surface area contributed by atoms with Crippen LogP contribution in [0.5, 0.6) is 0 Å². The largest absolute Gasteiger partial charge is 0.396 e. The van der Waals surface area contributed by atoms with E-state index in [1.54, 1.807) is 0 Å². The summed E-state index contributed by atoms with van der Waals surface area (Å²) in [7, 11) is 0. The Morgan fingerprint density at radius 2 is 0.882 bits per heavy atom. The lowest BCUT2D eigenvalue weighted by Crippen LogP contribution is -2.13. The zero-order valence-corrected chi connectivity index (χ0v) is 20.7. The lowest BCUT2D eigenvalue weighted by atomic mass is 9.77. The maximum absolute atomic E-state index is 9.05. The highest BCUT2D eigenvalue weighted by Gasteiger charge is 2.23. The number of rotatable bonds is 8. The van der Waals surface area contributed by atoms with Crippen LogP contribution >= 0.6 is 0 Å². The average molecular weight is 459 g/mol. The van der Waals surface area contributed by atoms with Crippen molar-refractivity contribution in [1.29, 1.82) is 0 Å². The third-order valence-corrected chi connectivity index (χ3v) is 8.35. The molecule has 2 aromatic carbocycles. The normalized spacial score (nSPS) is 24.9. The monoisotopic (exact) mass is 458 g/mol. The summed E-state index contributed by atoms with van der Waals surface area (Å²) in [5, 5.41) is 18.1. The number of benzene rings is 2. The molecular weight excluding hydrogens is 416 g/mol. The van der Waals surface area contributed by atoms with Gasteiger partial charge in [0, 0.05) is 24.3 Å². The molecule has 2 nitrogen and oxygen atoms in total. The summed E-state index contributed by atoms with van der Waals surface area (Å²) in [6.07, 6.45) is 14.6. The quantitative estimate of drug-likeness (QED) is 0.411. The summed E-state index contributed by atoms with van der Waals surface area (Å²) in [5.41, 5.74) is 5.10. The predicted molar refractivity (Wildman–Crippen MR) is 141 cm³/mol. The first-order chi connectivity index (χ1) is 16.7. The van der Waals surface area contributed by atoms with E-state index in [1.807, 2.05) is 0 Å². The summed E-state index contributed by atoms with van der Waals surface area (Å²) in [4.78, 5) is 0. The van der Waals surface area contributed by atoms with Crippen molar-refractivity contribution in [2.75, 3.05) is 13.2 Å². The summed E-state index contributed by atoms with van der Waals surface area (Å²) in [6.45, 7) is 0.667. The molecule has 0 radical (unpaired) electrons. The number of hydrogen-bond acceptors (Lipinski definition) is 2. The first kappa shape index (κ1) is 25.0. The maximum atomic E-state index is 9.05. The van der Waals surface area contributed by atoms with E-state index in [-0.39, 0.29) is 0 Å². The average Bonchev–Trinajstić information content (AvgIpc) is 2.91. The van der Waals surface area contributed by atoms with Crippen LogP contribution in [0, 0.1) is 23.7 Å². The van der Waals surface area contributed by atoms with Crippen molar-refractivity contribution in [3.8, 4) is 11.8 Å². The molecule has 2 aromatic rings. The van der Waals surface area contributed by atoms with Crippen LogP contribution in [-0.2, 0) is 0 Å². The van der Waals surface area contributed by atoms with Crippen LogP contribution in [0.15, 0.2) is 48.5 Å². The van der Waals surface area contributed by atoms with Gasteiger partial charge in [0.05, 0.1) is 0 Å². The fourth-order valence-corrected chi connectivity index (χ4v) is 6.15. The molecule has 2 fully saturated rings. The van der Waals surface area contributed by atoms with Gasteiger partial charge >= 0.3 is 0 Å². The molecule has 0 spiro atoms. The minimum Gasteiger partial charge on any atom is -0.396 e. The van der Waals surface area contributed by atoms with Crippen LogP contribution in [0.1, 0.15) is 111 Å². The number of aliphatic hydroxyl groups excluding tert-OH is 2. The molecule has 2 aliphatic rings. The smallest absolute Gasteiger partial charge is 0.0431 e. The van der Waals surface area contributed by atoms with E-state index in [9.17, 15) is 0 Å². The van der Waals surface area contributed by atoms with E-state index >= 15 is 0 Å². The zero-order valence-electron chi connectivity index (χ0n) is 20.7. The molecule has 0 aliphatic heterocycles. The Labute approximate surface area is 206 Å². The zero-order chi connectivity index (χ0) is 23.6. The number of hydrogen-bond donors (Lipinski definition) is 2. The molecule has 0 aromatic heterocycles. The van der Waals surface area contributed by atoms with Gasteiger partial charge < -0.3 is 10.2 Å². The van der Waals surface area contributed by atoms with Gasteiger partial charge in [0.15, 0.2) is 0 Å². The molecule has 34 heavy (non-hydrogen) atoms. The molecule has 0 atom stereocenters. The van der Waals surface area contributed by atoms with E-state index in [4.69, 9.17) is 10.2 Å². The van der Waals surface area contributed by atoms with Crippen molar-refractivity contribution >= 4 is 0 Å². The summed E-state index contributed by atoms with van der Waals surface area (Å²) in [6, 6.07) is 17.9. The topological polar surface area (TPSA) is 40.5 Å². The summed E-state index contributed by atoms with van der Waals surface area (Å²) < 4.78 is 0.